The van der Waals surface area contributed by atoms with Gasteiger partial charge in [-0.3, -0.25) is 9.79 Å². The molecule has 6 heteroatoms. The summed E-state index contributed by atoms with van der Waals surface area (Å²) in [5.41, 5.74) is 0.979. The van der Waals surface area contributed by atoms with Crippen LogP contribution in [0, 0.1) is 0 Å². The summed E-state index contributed by atoms with van der Waals surface area (Å²) in [6.07, 6.45) is -0.983. The standard InChI is InChI=1S/C15H20N2O4/c1-16-11(7-10-5-3-2-4-6-10)15(20)17-14-12(19)9-21-13(14)8-18/h2-6,11-14,18-19H,1,7-9H2,(H,17,20)/t11?,12?,13-,14?/m1/s1. The predicted octanol–water partition coefficient (Wildman–Crippen LogP) is -0.465. The second kappa shape index (κ2) is 7.31. The Bertz CT molecular complexity index is 480. The predicted molar refractivity (Wildman–Crippen MR) is 78.2 cm³/mol. The number of aliphatic hydroxyl groups is 2. The lowest BCUT2D eigenvalue weighted by Crippen LogP contribution is -2.51. The first-order valence-electron chi connectivity index (χ1n) is 6.86. The molecular weight excluding hydrogens is 272 g/mol. The molecule has 1 aliphatic heterocycles. The number of nitrogens with zero attached hydrogens (tertiary/aromatic N) is 1. The molecule has 4 atom stereocenters. The summed E-state index contributed by atoms with van der Waals surface area (Å²) in [5, 5.41) is 21.7. The highest BCUT2D eigenvalue weighted by Gasteiger charge is 2.37. The lowest BCUT2D eigenvalue weighted by atomic mass is 10.0. The minimum Gasteiger partial charge on any atom is -0.394 e. The van der Waals surface area contributed by atoms with Gasteiger partial charge in [-0.2, -0.15) is 0 Å². The molecule has 2 rings (SSSR count). The van der Waals surface area contributed by atoms with Crippen LogP contribution in [0.2, 0.25) is 0 Å². The van der Waals surface area contributed by atoms with E-state index in [0.29, 0.717) is 6.42 Å². The molecule has 0 saturated carbocycles. The van der Waals surface area contributed by atoms with Crippen molar-refractivity contribution in [2.24, 2.45) is 4.99 Å². The number of hydrogen-bond donors (Lipinski definition) is 3. The summed E-state index contributed by atoms with van der Waals surface area (Å²) in [5.74, 6) is -0.332. The van der Waals surface area contributed by atoms with Gasteiger partial charge >= 0.3 is 0 Å². The van der Waals surface area contributed by atoms with E-state index >= 15 is 0 Å². The average Bonchev–Trinajstić information content (AvgIpc) is 2.86. The van der Waals surface area contributed by atoms with Crippen molar-refractivity contribution in [3.05, 3.63) is 35.9 Å². The fraction of sp³-hybridized carbons (Fsp3) is 0.467. The van der Waals surface area contributed by atoms with Crippen LogP contribution in [0.4, 0.5) is 0 Å². The lowest BCUT2D eigenvalue weighted by Gasteiger charge is -2.22. The normalized spacial score (nSPS) is 26.3. The van der Waals surface area contributed by atoms with Crippen LogP contribution in [0.1, 0.15) is 5.56 Å². The van der Waals surface area contributed by atoms with Gasteiger partial charge in [0.1, 0.15) is 18.2 Å². The zero-order valence-electron chi connectivity index (χ0n) is 11.7. The molecule has 6 nitrogen and oxygen atoms in total. The third-order valence-corrected chi connectivity index (χ3v) is 3.58. The van der Waals surface area contributed by atoms with Crippen LogP contribution in [0.3, 0.4) is 0 Å². The quantitative estimate of drug-likeness (QED) is 0.619. The van der Waals surface area contributed by atoms with Crippen molar-refractivity contribution in [3.8, 4) is 0 Å². The maximum absolute atomic E-state index is 12.2. The van der Waals surface area contributed by atoms with Gasteiger partial charge in [0.2, 0.25) is 5.91 Å². The van der Waals surface area contributed by atoms with E-state index in [9.17, 15) is 15.0 Å². The fourth-order valence-electron chi connectivity index (χ4n) is 2.37. The molecule has 3 N–H and O–H groups in total. The Morgan fingerprint density at radius 1 is 1.48 bits per heavy atom. The van der Waals surface area contributed by atoms with Crippen molar-refractivity contribution in [2.45, 2.75) is 30.7 Å². The highest BCUT2D eigenvalue weighted by Crippen LogP contribution is 2.15. The maximum atomic E-state index is 12.2. The Balaban J connectivity index is 1.98. The first-order chi connectivity index (χ1) is 10.2. The Labute approximate surface area is 123 Å². The van der Waals surface area contributed by atoms with Gasteiger partial charge in [-0.25, -0.2) is 0 Å². The summed E-state index contributed by atoms with van der Waals surface area (Å²) < 4.78 is 5.20. The minimum atomic E-state index is -0.826. The van der Waals surface area contributed by atoms with Gasteiger partial charge in [0.25, 0.3) is 0 Å². The summed E-state index contributed by atoms with van der Waals surface area (Å²) in [4.78, 5) is 16.1. The third kappa shape index (κ3) is 3.87. The van der Waals surface area contributed by atoms with Crippen LogP contribution >= 0.6 is 0 Å². The number of hydrogen-bond acceptors (Lipinski definition) is 5. The first-order valence-corrected chi connectivity index (χ1v) is 6.86. The van der Waals surface area contributed by atoms with Crippen molar-refractivity contribution in [3.63, 3.8) is 0 Å². The van der Waals surface area contributed by atoms with E-state index in [2.05, 4.69) is 17.0 Å². The zero-order chi connectivity index (χ0) is 15.2. The van der Waals surface area contributed by atoms with Crippen LogP contribution in [-0.4, -0.2) is 60.3 Å². The van der Waals surface area contributed by atoms with Gasteiger partial charge in [-0.05, 0) is 12.3 Å². The van der Waals surface area contributed by atoms with E-state index < -0.39 is 24.3 Å². The Kier molecular flexibility index (Phi) is 5.44. The van der Waals surface area contributed by atoms with Gasteiger partial charge in [0.05, 0.1) is 19.3 Å². The SMILES string of the molecule is C=NC(Cc1ccccc1)C(=O)NC1C(O)CO[C@@H]1CO. The van der Waals surface area contributed by atoms with Crippen LogP contribution in [-0.2, 0) is 16.0 Å². The molecule has 1 aromatic rings. The van der Waals surface area contributed by atoms with Gasteiger partial charge in [-0.15, -0.1) is 0 Å². The number of amides is 1. The number of carbonyl (C=O) groups is 1. The maximum Gasteiger partial charge on any atom is 0.245 e. The number of aliphatic imine (C=N–C) groups is 1. The molecule has 1 amide bonds. The molecule has 114 valence electrons. The van der Waals surface area contributed by atoms with Crippen LogP contribution in [0.15, 0.2) is 35.3 Å². The topological polar surface area (TPSA) is 91.2 Å². The number of benzene rings is 1. The van der Waals surface area contributed by atoms with Crippen LogP contribution in [0.5, 0.6) is 0 Å². The summed E-state index contributed by atoms with van der Waals surface area (Å²) in [6.45, 7) is 3.30. The largest absolute Gasteiger partial charge is 0.394 e. The minimum absolute atomic E-state index is 0.0983. The fourth-order valence-corrected chi connectivity index (χ4v) is 2.37. The molecule has 1 aromatic carbocycles. The van der Waals surface area contributed by atoms with Gasteiger partial charge in [0, 0.05) is 6.42 Å². The van der Waals surface area contributed by atoms with Gasteiger partial charge < -0.3 is 20.3 Å². The third-order valence-electron chi connectivity index (χ3n) is 3.58. The van der Waals surface area contributed by atoms with Gasteiger partial charge in [-0.1, -0.05) is 30.3 Å². The van der Waals surface area contributed by atoms with Crippen molar-refractivity contribution < 1.29 is 19.7 Å². The molecule has 21 heavy (non-hydrogen) atoms. The van der Waals surface area contributed by atoms with Crippen molar-refractivity contribution in [2.75, 3.05) is 13.2 Å². The van der Waals surface area contributed by atoms with E-state index in [0.717, 1.165) is 5.56 Å². The molecule has 0 aliphatic carbocycles. The Morgan fingerprint density at radius 2 is 2.19 bits per heavy atom. The molecule has 0 aromatic heterocycles. The van der Waals surface area contributed by atoms with Crippen molar-refractivity contribution in [1.29, 1.82) is 0 Å². The first kappa shape index (κ1) is 15.6. The van der Waals surface area contributed by atoms with E-state index in [-0.39, 0.29) is 19.1 Å². The number of rotatable bonds is 6. The average molecular weight is 292 g/mol. The van der Waals surface area contributed by atoms with E-state index in [1.807, 2.05) is 30.3 Å². The molecule has 1 heterocycles. The molecule has 3 unspecified atom stereocenters. The van der Waals surface area contributed by atoms with E-state index in [1.54, 1.807) is 0 Å². The molecule has 0 radical (unpaired) electrons. The van der Waals surface area contributed by atoms with Crippen LogP contribution < -0.4 is 5.32 Å². The molecular formula is C15H20N2O4. The zero-order valence-corrected chi connectivity index (χ0v) is 11.7. The molecule has 1 aliphatic rings. The summed E-state index contributed by atoms with van der Waals surface area (Å²) in [7, 11) is 0. The van der Waals surface area contributed by atoms with Gasteiger partial charge in [0.15, 0.2) is 0 Å². The van der Waals surface area contributed by atoms with Crippen molar-refractivity contribution in [1.82, 2.24) is 5.32 Å². The number of aliphatic hydroxyl groups excluding tert-OH is 2. The second-order valence-electron chi connectivity index (χ2n) is 5.04. The summed E-state index contributed by atoms with van der Waals surface area (Å²) in [6, 6.07) is 8.25. The molecule has 1 fully saturated rings. The highest BCUT2D eigenvalue weighted by atomic mass is 16.5. The smallest absolute Gasteiger partial charge is 0.245 e. The molecule has 0 spiro atoms. The lowest BCUT2D eigenvalue weighted by molar-refractivity contribution is -0.124. The monoisotopic (exact) mass is 292 g/mol. The number of carbonyl (C=O) groups excluding carboxylic acids is 1. The summed E-state index contributed by atoms with van der Waals surface area (Å²) >= 11 is 0. The van der Waals surface area contributed by atoms with E-state index in [1.165, 1.54) is 0 Å². The second-order valence-corrected chi connectivity index (χ2v) is 5.04. The highest BCUT2D eigenvalue weighted by molar-refractivity contribution is 5.83. The van der Waals surface area contributed by atoms with Crippen LogP contribution in [0.25, 0.3) is 0 Å². The molecule has 1 saturated heterocycles. The Hall–Kier alpha value is -1.76. The number of nitrogens with one attached hydrogen (secondary N) is 1. The molecule has 0 bridgehead atoms. The Morgan fingerprint density at radius 3 is 2.81 bits per heavy atom. The van der Waals surface area contributed by atoms with Crippen molar-refractivity contribution >= 4 is 12.6 Å². The van der Waals surface area contributed by atoms with E-state index in [4.69, 9.17) is 4.74 Å². The number of ether oxygens (including phenoxy) is 1.